The summed E-state index contributed by atoms with van der Waals surface area (Å²) in [5.74, 6) is -0.250. The average molecular weight is 501 g/mol. The van der Waals surface area contributed by atoms with Crippen LogP contribution in [0.15, 0.2) is 79.3 Å². The topological polar surface area (TPSA) is 38.1 Å². The Labute approximate surface area is 201 Å². The highest BCUT2D eigenvalue weighted by Gasteiger charge is 2.37. The minimum atomic E-state index is -4.93. The molecule has 0 aliphatic carbocycles. The van der Waals surface area contributed by atoms with Crippen molar-refractivity contribution in [3.05, 3.63) is 107 Å². The Morgan fingerprint density at radius 1 is 0.750 bits per heavy atom. The standard InChI is InChI=1S/C26H17F6N3O/c27-25(28,29)20-9-19(10-21(11-20)26(30,31)32)16-5-7-22(8-6-16)35-15-33-12-23(35)24(36)34-13-17-3-1-2-4-18(17)14-34/h1-12,15H,13-14H2. The quantitative estimate of drug-likeness (QED) is 0.292. The highest BCUT2D eigenvalue weighted by atomic mass is 19.4. The first-order valence-electron chi connectivity index (χ1n) is 10.8. The molecular weight excluding hydrogens is 484 g/mol. The summed E-state index contributed by atoms with van der Waals surface area (Å²) in [6, 6.07) is 15.0. The lowest BCUT2D eigenvalue weighted by Gasteiger charge is -2.17. The van der Waals surface area contributed by atoms with Crippen molar-refractivity contribution >= 4 is 5.91 Å². The van der Waals surface area contributed by atoms with Crippen molar-refractivity contribution in [2.45, 2.75) is 25.4 Å². The van der Waals surface area contributed by atoms with Gasteiger partial charge >= 0.3 is 12.4 Å². The zero-order valence-electron chi connectivity index (χ0n) is 18.4. The molecule has 1 amide bonds. The van der Waals surface area contributed by atoms with Gasteiger partial charge in [0.25, 0.3) is 5.91 Å². The van der Waals surface area contributed by atoms with Crippen LogP contribution in [0.3, 0.4) is 0 Å². The lowest BCUT2D eigenvalue weighted by atomic mass is 9.99. The highest BCUT2D eigenvalue weighted by Crippen LogP contribution is 2.38. The fourth-order valence-corrected chi connectivity index (χ4v) is 4.23. The van der Waals surface area contributed by atoms with Crippen molar-refractivity contribution in [3.63, 3.8) is 0 Å². The fourth-order valence-electron chi connectivity index (χ4n) is 4.23. The van der Waals surface area contributed by atoms with Gasteiger partial charge in [0.1, 0.15) is 5.69 Å². The molecule has 1 aliphatic heterocycles. The largest absolute Gasteiger partial charge is 0.416 e. The number of benzene rings is 3. The lowest BCUT2D eigenvalue weighted by Crippen LogP contribution is -2.27. The van der Waals surface area contributed by atoms with Gasteiger partial charge in [-0.05, 0) is 52.6 Å². The molecule has 36 heavy (non-hydrogen) atoms. The number of carbonyl (C=O) groups excluding carboxylic acids is 1. The molecule has 0 N–H and O–H groups in total. The number of alkyl halides is 6. The number of carbonyl (C=O) groups is 1. The maximum atomic E-state index is 13.2. The number of nitrogens with zero attached hydrogens (tertiary/aromatic N) is 3. The molecule has 1 aromatic heterocycles. The molecule has 4 nitrogen and oxygen atoms in total. The molecule has 4 aromatic rings. The molecule has 0 spiro atoms. The van der Waals surface area contributed by atoms with Gasteiger partial charge in [-0.25, -0.2) is 4.98 Å². The van der Waals surface area contributed by atoms with Crippen LogP contribution in [0.4, 0.5) is 26.3 Å². The molecule has 2 heterocycles. The monoisotopic (exact) mass is 501 g/mol. The van der Waals surface area contributed by atoms with E-state index < -0.39 is 23.5 Å². The number of fused-ring (bicyclic) bond motifs is 1. The van der Waals surface area contributed by atoms with Crippen LogP contribution in [-0.4, -0.2) is 20.4 Å². The van der Waals surface area contributed by atoms with Gasteiger partial charge < -0.3 is 4.90 Å². The van der Waals surface area contributed by atoms with E-state index in [0.717, 1.165) is 11.1 Å². The summed E-state index contributed by atoms with van der Waals surface area (Å²) in [6.45, 7) is 0.909. The average Bonchev–Trinajstić information content (AvgIpc) is 3.50. The Morgan fingerprint density at radius 3 is 1.83 bits per heavy atom. The second-order valence-electron chi connectivity index (χ2n) is 8.42. The smallest absolute Gasteiger partial charge is 0.329 e. The van der Waals surface area contributed by atoms with Crippen LogP contribution in [-0.2, 0) is 25.4 Å². The number of halogens is 6. The van der Waals surface area contributed by atoms with E-state index in [2.05, 4.69) is 4.98 Å². The molecule has 0 radical (unpaired) electrons. The van der Waals surface area contributed by atoms with Crippen molar-refractivity contribution in [2.75, 3.05) is 0 Å². The van der Waals surface area contributed by atoms with Gasteiger partial charge in [-0.15, -0.1) is 0 Å². The molecule has 0 unspecified atom stereocenters. The van der Waals surface area contributed by atoms with Crippen LogP contribution in [0.2, 0.25) is 0 Å². The molecule has 0 atom stereocenters. The Kier molecular flexibility index (Phi) is 5.61. The van der Waals surface area contributed by atoms with Gasteiger partial charge in [-0.1, -0.05) is 36.4 Å². The van der Waals surface area contributed by atoms with E-state index in [1.807, 2.05) is 24.3 Å². The van der Waals surface area contributed by atoms with Gasteiger partial charge in [0.15, 0.2) is 0 Å². The summed E-state index contributed by atoms with van der Waals surface area (Å²) in [7, 11) is 0. The van der Waals surface area contributed by atoms with E-state index in [0.29, 0.717) is 30.9 Å². The molecule has 5 rings (SSSR count). The van der Waals surface area contributed by atoms with Gasteiger partial charge in [0.05, 0.1) is 23.7 Å². The summed E-state index contributed by atoms with van der Waals surface area (Å²) in [5, 5.41) is 0. The zero-order chi connectivity index (χ0) is 25.7. The number of amides is 1. The van der Waals surface area contributed by atoms with Crippen molar-refractivity contribution in [1.29, 1.82) is 0 Å². The van der Waals surface area contributed by atoms with Crippen molar-refractivity contribution in [3.8, 4) is 16.8 Å². The molecule has 184 valence electrons. The molecule has 0 saturated carbocycles. The molecule has 0 fully saturated rings. The normalized spacial score (nSPS) is 13.7. The third-order valence-corrected chi connectivity index (χ3v) is 6.05. The number of hydrogen-bond donors (Lipinski definition) is 0. The van der Waals surface area contributed by atoms with E-state index in [9.17, 15) is 31.1 Å². The SMILES string of the molecule is O=C(c1cncn1-c1ccc(-c2cc(C(F)(F)F)cc(C(F)(F)F)c2)cc1)N1Cc2ccccc2C1. The summed E-state index contributed by atoms with van der Waals surface area (Å²) >= 11 is 0. The first kappa shape index (κ1) is 23.7. The predicted octanol–water partition coefficient (Wildman–Crippen LogP) is 6.73. The minimum absolute atomic E-state index is 0.0951. The third kappa shape index (κ3) is 4.46. The molecule has 3 aromatic carbocycles. The second-order valence-corrected chi connectivity index (χ2v) is 8.42. The molecule has 0 saturated heterocycles. The third-order valence-electron chi connectivity index (χ3n) is 6.05. The Morgan fingerprint density at radius 2 is 1.31 bits per heavy atom. The zero-order valence-corrected chi connectivity index (χ0v) is 18.4. The van der Waals surface area contributed by atoms with Crippen LogP contribution in [0, 0.1) is 0 Å². The summed E-state index contributed by atoms with van der Waals surface area (Å²) in [6.07, 6.45) is -7.02. The van der Waals surface area contributed by atoms with Gasteiger partial charge in [0.2, 0.25) is 0 Å². The number of hydrogen-bond acceptors (Lipinski definition) is 2. The fraction of sp³-hybridized carbons (Fsp3) is 0.154. The maximum absolute atomic E-state index is 13.2. The highest BCUT2D eigenvalue weighted by molar-refractivity contribution is 5.93. The number of aromatic nitrogens is 2. The first-order valence-corrected chi connectivity index (χ1v) is 10.8. The van der Waals surface area contributed by atoms with Crippen LogP contribution in [0.5, 0.6) is 0 Å². The lowest BCUT2D eigenvalue weighted by molar-refractivity contribution is -0.143. The Balaban J connectivity index is 1.44. The van der Waals surface area contributed by atoms with E-state index in [4.69, 9.17) is 0 Å². The predicted molar refractivity (Wildman–Crippen MR) is 119 cm³/mol. The second kappa shape index (κ2) is 8.54. The van der Waals surface area contributed by atoms with E-state index >= 15 is 0 Å². The van der Waals surface area contributed by atoms with Gasteiger partial charge in [0, 0.05) is 18.8 Å². The van der Waals surface area contributed by atoms with Crippen LogP contribution in [0.1, 0.15) is 32.7 Å². The Hall–Kier alpha value is -4.08. The van der Waals surface area contributed by atoms with Gasteiger partial charge in [-0.3, -0.25) is 9.36 Å². The maximum Gasteiger partial charge on any atom is 0.416 e. The molecular formula is C26H17F6N3O. The molecule has 0 bridgehead atoms. The van der Waals surface area contributed by atoms with Crippen molar-refractivity contribution in [1.82, 2.24) is 14.5 Å². The first-order chi connectivity index (χ1) is 17.0. The Bertz CT molecular complexity index is 1380. The minimum Gasteiger partial charge on any atom is -0.329 e. The van der Waals surface area contributed by atoms with Crippen LogP contribution >= 0.6 is 0 Å². The van der Waals surface area contributed by atoms with Crippen molar-refractivity contribution in [2.24, 2.45) is 0 Å². The van der Waals surface area contributed by atoms with E-state index in [1.54, 1.807) is 4.90 Å². The summed E-state index contributed by atoms with van der Waals surface area (Å²) < 4.78 is 80.9. The summed E-state index contributed by atoms with van der Waals surface area (Å²) in [4.78, 5) is 18.9. The number of imidazole rings is 1. The van der Waals surface area contributed by atoms with Crippen molar-refractivity contribution < 1.29 is 31.1 Å². The van der Waals surface area contributed by atoms with E-state index in [-0.39, 0.29) is 28.8 Å². The number of rotatable bonds is 3. The molecule has 10 heteroatoms. The molecule has 1 aliphatic rings. The van der Waals surface area contributed by atoms with Crippen LogP contribution < -0.4 is 0 Å². The van der Waals surface area contributed by atoms with Gasteiger partial charge in [-0.2, -0.15) is 26.3 Å². The summed E-state index contributed by atoms with van der Waals surface area (Å²) in [5.41, 5.74) is 0.0595. The van der Waals surface area contributed by atoms with Crippen LogP contribution in [0.25, 0.3) is 16.8 Å². The van der Waals surface area contributed by atoms with E-state index in [1.165, 1.54) is 41.4 Å².